The van der Waals surface area contributed by atoms with Gasteiger partial charge >= 0.3 is 12.1 Å². The molecule has 2 aliphatic rings. The van der Waals surface area contributed by atoms with Crippen LogP contribution in [0.25, 0.3) is 0 Å². The van der Waals surface area contributed by atoms with Gasteiger partial charge in [-0.25, -0.2) is 0 Å². The number of fused-ring (bicyclic) bond motifs is 1. The van der Waals surface area contributed by atoms with Crippen LogP contribution in [0.5, 0.6) is 5.75 Å². The van der Waals surface area contributed by atoms with Crippen molar-refractivity contribution in [3.63, 3.8) is 0 Å². The van der Waals surface area contributed by atoms with E-state index in [1.165, 1.54) is 7.11 Å². The number of benzene rings is 1. The Labute approximate surface area is 154 Å². The quantitative estimate of drug-likeness (QED) is 0.847. The molecule has 0 aromatic heterocycles. The Kier molecular flexibility index (Phi) is 5.32. The molecule has 1 aromatic rings. The van der Waals surface area contributed by atoms with E-state index in [-0.39, 0.29) is 31.8 Å². The molecule has 1 N–H and O–H groups in total. The number of carbonyl (C=O) groups excluding carboxylic acids is 2. The summed E-state index contributed by atoms with van der Waals surface area (Å²) in [5, 5.41) is 10.2. The highest BCUT2D eigenvalue weighted by atomic mass is 19.4. The lowest BCUT2D eigenvalue weighted by molar-refractivity contribution is -0.186. The zero-order chi connectivity index (χ0) is 19.8. The van der Waals surface area contributed by atoms with Gasteiger partial charge in [0.05, 0.1) is 13.2 Å². The Morgan fingerprint density at radius 2 is 1.81 bits per heavy atom. The minimum Gasteiger partial charge on any atom is -0.497 e. The molecule has 2 amide bonds. The average molecular weight is 386 g/mol. The van der Waals surface area contributed by atoms with Gasteiger partial charge in [-0.15, -0.1) is 0 Å². The van der Waals surface area contributed by atoms with E-state index in [0.29, 0.717) is 30.0 Å². The molecule has 2 aliphatic heterocycles. The number of aliphatic hydroxyl groups excluding tert-OH is 1. The van der Waals surface area contributed by atoms with Crippen LogP contribution in [-0.2, 0) is 9.59 Å². The van der Waals surface area contributed by atoms with Crippen LogP contribution < -0.4 is 9.64 Å². The molecule has 0 bridgehead atoms. The standard InChI is InChI=1S/C18H21F3N2O4/c1-27-12-2-3-14-13(10-12)15(24)6-9-23(14)16(25)11-4-7-22(8-5-11)17(26)18(19,20)21/h2-3,10-11,15,24H,4-9H2,1H3. The van der Waals surface area contributed by atoms with Gasteiger partial charge in [0, 0.05) is 36.8 Å². The number of methoxy groups -OCH3 is 1. The molecule has 1 fully saturated rings. The molecule has 0 aliphatic carbocycles. The third-order valence-corrected chi connectivity index (χ3v) is 5.15. The molecular weight excluding hydrogens is 365 g/mol. The van der Waals surface area contributed by atoms with Crippen molar-refractivity contribution < 1.29 is 32.6 Å². The smallest absolute Gasteiger partial charge is 0.471 e. The predicted octanol–water partition coefficient (Wildman–Crippen LogP) is 2.27. The minimum absolute atomic E-state index is 0.0965. The van der Waals surface area contributed by atoms with Crippen LogP contribution in [0.1, 0.15) is 30.9 Å². The number of nitrogens with zero attached hydrogens (tertiary/aromatic N) is 2. The summed E-state index contributed by atoms with van der Waals surface area (Å²) < 4.78 is 42.8. The van der Waals surface area contributed by atoms with Gasteiger partial charge in [-0.2, -0.15) is 13.2 Å². The number of amides is 2. The number of halogens is 3. The van der Waals surface area contributed by atoms with Crippen molar-refractivity contribution in [1.82, 2.24) is 4.90 Å². The fourth-order valence-corrected chi connectivity index (χ4v) is 3.66. The molecule has 0 spiro atoms. The van der Waals surface area contributed by atoms with Crippen LogP contribution in [0.3, 0.4) is 0 Å². The van der Waals surface area contributed by atoms with Gasteiger partial charge < -0.3 is 19.6 Å². The molecule has 27 heavy (non-hydrogen) atoms. The van der Waals surface area contributed by atoms with Crippen molar-refractivity contribution in [2.45, 2.75) is 31.5 Å². The van der Waals surface area contributed by atoms with E-state index in [2.05, 4.69) is 0 Å². The number of hydrogen-bond donors (Lipinski definition) is 1. The second-order valence-electron chi connectivity index (χ2n) is 6.78. The predicted molar refractivity (Wildman–Crippen MR) is 90.3 cm³/mol. The van der Waals surface area contributed by atoms with E-state index in [0.717, 1.165) is 4.90 Å². The summed E-state index contributed by atoms with van der Waals surface area (Å²) in [5.74, 6) is -1.92. The molecule has 0 radical (unpaired) electrons. The SMILES string of the molecule is COc1ccc2c(c1)C(O)CCN2C(=O)C1CCN(C(=O)C(F)(F)F)CC1. The molecule has 9 heteroatoms. The number of piperidine rings is 1. The number of aliphatic hydroxyl groups is 1. The van der Waals surface area contributed by atoms with E-state index in [1.54, 1.807) is 23.1 Å². The fourth-order valence-electron chi connectivity index (χ4n) is 3.66. The Balaban J connectivity index is 1.71. The zero-order valence-corrected chi connectivity index (χ0v) is 14.8. The van der Waals surface area contributed by atoms with Crippen molar-refractivity contribution in [3.05, 3.63) is 23.8 Å². The summed E-state index contributed by atoms with van der Waals surface area (Å²) >= 11 is 0. The second-order valence-corrected chi connectivity index (χ2v) is 6.78. The van der Waals surface area contributed by atoms with Crippen molar-refractivity contribution in [2.24, 2.45) is 5.92 Å². The first-order valence-corrected chi connectivity index (χ1v) is 8.76. The number of hydrogen-bond acceptors (Lipinski definition) is 4. The molecule has 6 nitrogen and oxygen atoms in total. The van der Waals surface area contributed by atoms with Crippen molar-refractivity contribution in [2.75, 3.05) is 31.6 Å². The lowest BCUT2D eigenvalue weighted by Crippen LogP contribution is -2.49. The van der Waals surface area contributed by atoms with Crippen molar-refractivity contribution >= 4 is 17.5 Å². The fraction of sp³-hybridized carbons (Fsp3) is 0.556. The summed E-state index contributed by atoms with van der Waals surface area (Å²) in [6, 6.07) is 5.09. The van der Waals surface area contributed by atoms with Gasteiger partial charge in [0.15, 0.2) is 0 Å². The number of rotatable bonds is 2. The summed E-state index contributed by atoms with van der Waals surface area (Å²) in [7, 11) is 1.51. The third kappa shape index (κ3) is 3.87. The molecule has 2 heterocycles. The maximum absolute atomic E-state index is 12.9. The highest BCUT2D eigenvalue weighted by Crippen LogP contribution is 2.37. The van der Waals surface area contributed by atoms with Crippen molar-refractivity contribution in [1.29, 1.82) is 0 Å². The van der Waals surface area contributed by atoms with Crippen LogP contribution in [-0.4, -0.2) is 54.7 Å². The largest absolute Gasteiger partial charge is 0.497 e. The lowest BCUT2D eigenvalue weighted by Gasteiger charge is -2.37. The van der Waals surface area contributed by atoms with Gasteiger partial charge in [-0.1, -0.05) is 0 Å². The van der Waals surface area contributed by atoms with Crippen LogP contribution >= 0.6 is 0 Å². The molecule has 1 atom stereocenters. The first-order chi connectivity index (χ1) is 12.7. The van der Waals surface area contributed by atoms with E-state index >= 15 is 0 Å². The van der Waals surface area contributed by atoms with Crippen LogP contribution in [0.15, 0.2) is 18.2 Å². The summed E-state index contributed by atoms with van der Waals surface area (Å²) in [4.78, 5) is 26.6. The van der Waals surface area contributed by atoms with Gasteiger partial charge in [-0.05, 0) is 37.5 Å². The topological polar surface area (TPSA) is 70.1 Å². The minimum atomic E-state index is -4.89. The van der Waals surface area contributed by atoms with Crippen molar-refractivity contribution in [3.8, 4) is 5.75 Å². The van der Waals surface area contributed by atoms with Crippen LogP contribution in [0.4, 0.5) is 18.9 Å². The summed E-state index contributed by atoms with van der Waals surface area (Å²) in [5.41, 5.74) is 1.19. The number of anilines is 1. The summed E-state index contributed by atoms with van der Waals surface area (Å²) in [6.45, 7) is 0.141. The summed E-state index contributed by atoms with van der Waals surface area (Å²) in [6.07, 6.45) is -4.85. The maximum atomic E-state index is 12.9. The Morgan fingerprint density at radius 3 is 2.41 bits per heavy atom. The highest BCUT2D eigenvalue weighted by Gasteiger charge is 2.44. The monoisotopic (exact) mass is 386 g/mol. The van der Waals surface area contributed by atoms with Gasteiger partial charge in [0.1, 0.15) is 5.75 Å². The average Bonchev–Trinajstić information content (AvgIpc) is 2.66. The van der Waals surface area contributed by atoms with Gasteiger partial charge in [-0.3, -0.25) is 9.59 Å². The Bertz CT molecular complexity index is 730. The second kappa shape index (κ2) is 7.38. The number of ether oxygens (including phenoxy) is 1. The number of likely N-dealkylation sites (tertiary alicyclic amines) is 1. The maximum Gasteiger partial charge on any atom is 0.471 e. The number of carbonyl (C=O) groups is 2. The van der Waals surface area contributed by atoms with Crippen LogP contribution in [0.2, 0.25) is 0 Å². The van der Waals surface area contributed by atoms with E-state index in [9.17, 15) is 27.9 Å². The molecule has 1 unspecified atom stereocenters. The van der Waals surface area contributed by atoms with Gasteiger partial charge in [0.25, 0.3) is 0 Å². The van der Waals surface area contributed by atoms with Gasteiger partial charge in [0.2, 0.25) is 5.91 Å². The third-order valence-electron chi connectivity index (χ3n) is 5.15. The molecular formula is C18H21F3N2O4. The molecule has 3 rings (SSSR count). The molecule has 148 valence electrons. The van der Waals surface area contributed by atoms with E-state index in [1.807, 2.05) is 0 Å². The number of alkyl halides is 3. The van der Waals surface area contributed by atoms with E-state index < -0.39 is 24.1 Å². The Morgan fingerprint density at radius 1 is 1.15 bits per heavy atom. The lowest BCUT2D eigenvalue weighted by atomic mass is 9.92. The normalized spacial score (nSPS) is 21.0. The zero-order valence-electron chi connectivity index (χ0n) is 14.8. The molecule has 0 saturated carbocycles. The molecule has 1 saturated heterocycles. The molecule has 1 aromatic carbocycles. The van der Waals surface area contributed by atoms with Crippen LogP contribution in [0, 0.1) is 5.92 Å². The first kappa shape index (κ1) is 19.5. The van der Waals surface area contributed by atoms with E-state index in [4.69, 9.17) is 4.74 Å². The first-order valence-electron chi connectivity index (χ1n) is 8.76. The Hall–Kier alpha value is -2.29. The highest BCUT2D eigenvalue weighted by molar-refractivity contribution is 5.96.